The zero-order valence-electron chi connectivity index (χ0n) is 16.7. The third-order valence-corrected chi connectivity index (χ3v) is 4.49. The van der Waals surface area contributed by atoms with Crippen molar-refractivity contribution in [3.8, 4) is 5.75 Å². The Labute approximate surface area is 169 Å². The number of nitrogens with zero attached hydrogens (tertiary/aromatic N) is 2. The summed E-state index contributed by atoms with van der Waals surface area (Å²) in [6.45, 7) is 1.46. The highest BCUT2D eigenvalue weighted by Crippen LogP contribution is 2.24. The number of ether oxygens (including phenoxy) is 1. The molecule has 29 heavy (non-hydrogen) atoms. The predicted octanol–water partition coefficient (Wildman–Crippen LogP) is 2.84. The van der Waals surface area contributed by atoms with E-state index in [1.54, 1.807) is 25.4 Å². The molecule has 150 valence electrons. The summed E-state index contributed by atoms with van der Waals surface area (Å²) in [6, 6.07) is 14.4. The van der Waals surface area contributed by atoms with Gasteiger partial charge in [0.2, 0.25) is 11.8 Å². The molecule has 0 saturated carbocycles. The van der Waals surface area contributed by atoms with Crippen LogP contribution >= 0.6 is 0 Å². The highest BCUT2D eigenvalue weighted by atomic mass is 16.5. The largest absolute Gasteiger partial charge is 0.497 e. The van der Waals surface area contributed by atoms with Crippen LogP contribution < -0.4 is 15.4 Å². The van der Waals surface area contributed by atoms with E-state index in [1.807, 2.05) is 54.2 Å². The van der Waals surface area contributed by atoms with Gasteiger partial charge in [-0.1, -0.05) is 24.3 Å². The van der Waals surface area contributed by atoms with Gasteiger partial charge < -0.3 is 19.9 Å². The Bertz CT molecular complexity index is 995. The summed E-state index contributed by atoms with van der Waals surface area (Å²) < 4.78 is 7.20. The molecule has 0 aliphatic heterocycles. The summed E-state index contributed by atoms with van der Waals surface area (Å²) in [5.41, 5.74) is 2.43. The molecule has 1 heterocycles. The van der Waals surface area contributed by atoms with Crippen LogP contribution in [0.15, 0.2) is 60.9 Å². The van der Waals surface area contributed by atoms with Crippen LogP contribution in [0.4, 0.5) is 5.69 Å². The molecule has 0 spiro atoms. The first-order valence-electron chi connectivity index (χ1n) is 9.23. The molecule has 0 radical (unpaired) electrons. The number of imidazole rings is 1. The Morgan fingerprint density at radius 3 is 2.55 bits per heavy atom. The van der Waals surface area contributed by atoms with Gasteiger partial charge in [-0.3, -0.25) is 9.59 Å². The minimum Gasteiger partial charge on any atom is -0.497 e. The first-order valence-corrected chi connectivity index (χ1v) is 9.23. The van der Waals surface area contributed by atoms with E-state index in [4.69, 9.17) is 4.74 Å². The molecule has 3 aromatic rings. The molecule has 0 fully saturated rings. The van der Waals surface area contributed by atoms with Crippen molar-refractivity contribution < 1.29 is 14.3 Å². The number of benzene rings is 2. The molecular formula is C22H24N4O3. The maximum atomic E-state index is 12.8. The maximum Gasteiger partial charge on any atom is 0.225 e. The van der Waals surface area contributed by atoms with Gasteiger partial charge in [0.15, 0.2) is 0 Å². The Morgan fingerprint density at radius 1 is 1.17 bits per heavy atom. The number of aromatic nitrogens is 2. The quantitative estimate of drug-likeness (QED) is 0.647. The Kier molecular flexibility index (Phi) is 6.29. The van der Waals surface area contributed by atoms with Gasteiger partial charge >= 0.3 is 0 Å². The molecule has 3 rings (SSSR count). The van der Waals surface area contributed by atoms with Gasteiger partial charge in [-0.2, -0.15) is 0 Å². The van der Waals surface area contributed by atoms with Crippen LogP contribution in [-0.2, 0) is 23.1 Å². The first-order chi connectivity index (χ1) is 14.0. The predicted molar refractivity (Wildman–Crippen MR) is 111 cm³/mol. The average molecular weight is 392 g/mol. The number of aryl methyl sites for hydroxylation is 1. The Balaban J connectivity index is 1.78. The zero-order chi connectivity index (χ0) is 20.8. The van der Waals surface area contributed by atoms with Crippen molar-refractivity contribution in [2.24, 2.45) is 7.05 Å². The van der Waals surface area contributed by atoms with E-state index >= 15 is 0 Å². The second kappa shape index (κ2) is 9.05. The molecule has 2 aromatic carbocycles. The molecule has 2 N–H and O–H groups in total. The second-order valence-electron chi connectivity index (χ2n) is 6.73. The van der Waals surface area contributed by atoms with E-state index in [-0.39, 0.29) is 18.2 Å². The fourth-order valence-electron chi connectivity index (χ4n) is 3.08. The third kappa shape index (κ3) is 5.22. The summed E-state index contributed by atoms with van der Waals surface area (Å²) in [6.07, 6.45) is 3.76. The molecule has 7 nitrogen and oxygen atoms in total. The SMILES string of the molecule is COc1cccc(C(NC(=O)Cc2ccc(NC(C)=O)cc2)c2nccn2C)c1. The first kappa shape index (κ1) is 20.1. The standard InChI is InChI=1S/C22H24N4O3/c1-15(27)24-18-9-7-16(8-10-18)13-20(28)25-21(22-23-11-12-26(22)2)17-5-4-6-19(14-17)29-3/h4-12,14,21H,13H2,1-3H3,(H,24,27)(H,25,28). The smallest absolute Gasteiger partial charge is 0.225 e. The topological polar surface area (TPSA) is 85.2 Å². The van der Waals surface area contributed by atoms with E-state index in [0.717, 1.165) is 17.0 Å². The number of amides is 2. The van der Waals surface area contributed by atoms with Gasteiger partial charge in [0.05, 0.1) is 13.5 Å². The normalized spacial score (nSPS) is 11.6. The van der Waals surface area contributed by atoms with Gasteiger partial charge in [0.1, 0.15) is 17.6 Å². The van der Waals surface area contributed by atoms with Gasteiger partial charge in [-0.25, -0.2) is 4.98 Å². The monoisotopic (exact) mass is 392 g/mol. The van der Waals surface area contributed by atoms with Crippen LogP contribution in [-0.4, -0.2) is 28.5 Å². The second-order valence-corrected chi connectivity index (χ2v) is 6.73. The number of carbonyl (C=O) groups is 2. The van der Waals surface area contributed by atoms with Crippen molar-refractivity contribution in [1.82, 2.24) is 14.9 Å². The Hall–Kier alpha value is -3.61. The molecule has 1 unspecified atom stereocenters. The molecule has 0 aliphatic carbocycles. The lowest BCUT2D eigenvalue weighted by Crippen LogP contribution is -2.32. The number of rotatable bonds is 7. The third-order valence-electron chi connectivity index (χ3n) is 4.49. The highest BCUT2D eigenvalue weighted by Gasteiger charge is 2.21. The van der Waals surface area contributed by atoms with Crippen LogP contribution in [0.5, 0.6) is 5.75 Å². The lowest BCUT2D eigenvalue weighted by Gasteiger charge is -2.20. The number of anilines is 1. The number of methoxy groups -OCH3 is 1. The van der Waals surface area contributed by atoms with Gasteiger partial charge in [0, 0.05) is 32.1 Å². The van der Waals surface area contributed by atoms with Crippen LogP contribution in [0.1, 0.15) is 29.9 Å². The number of hydrogen-bond acceptors (Lipinski definition) is 4. The fourth-order valence-corrected chi connectivity index (χ4v) is 3.08. The van der Waals surface area contributed by atoms with E-state index < -0.39 is 6.04 Å². The lowest BCUT2D eigenvalue weighted by molar-refractivity contribution is -0.121. The summed E-state index contributed by atoms with van der Waals surface area (Å²) in [4.78, 5) is 28.3. The number of hydrogen-bond donors (Lipinski definition) is 2. The molecule has 7 heteroatoms. The number of carbonyl (C=O) groups excluding carboxylic acids is 2. The van der Waals surface area contributed by atoms with Crippen LogP contribution in [0.2, 0.25) is 0 Å². The summed E-state index contributed by atoms with van der Waals surface area (Å²) in [7, 11) is 3.50. The summed E-state index contributed by atoms with van der Waals surface area (Å²) >= 11 is 0. The molecule has 2 amide bonds. The zero-order valence-corrected chi connectivity index (χ0v) is 16.7. The molecule has 0 saturated heterocycles. The van der Waals surface area contributed by atoms with Crippen molar-refractivity contribution in [2.75, 3.05) is 12.4 Å². The van der Waals surface area contributed by atoms with E-state index in [2.05, 4.69) is 15.6 Å². The van der Waals surface area contributed by atoms with Crippen molar-refractivity contribution in [3.05, 3.63) is 77.9 Å². The van der Waals surface area contributed by atoms with Gasteiger partial charge in [-0.05, 0) is 35.4 Å². The minimum absolute atomic E-state index is 0.131. The molecule has 0 bridgehead atoms. The number of nitrogens with one attached hydrogen (secondary N) is 2. The maximum absolute atomic E-state index is 12.8. The van der Waals surface area contributed by atoms with Crippen LogP contribution in [0.25, 0.3) is 0 Å². The lowest BCUT2D eigenvalue weighted by atomic mass is 10.0. The highest BCUT2D eigenvalue weighted by molar-refractivity contribution is 5.88. The van der Waals surface area contributed by atoms with Crippen molar-refractivity contribution in [2.45, 2.75) is 19.4 Å². The van der Waals surface area contributed by atoms with Crippen LogP contribution in [0.3, 0.4) is 0 Å². The summed E-state index contributed by atoms with van der Waals surface area (Å²) in [5.74, 6) is 1.18. The fraction of sp³-hybridized carbons (Fsp3) is 0.227. The molecule has 1 aromatic heterocycles. The van der Waals surface area contributed by atoms with Gasteiger partial charge in [-0.15, -0.1) is 0 Å². The van der Waals surface area contributed by atoms with Gasteiger partial charge in [0.25, 0.3) is 0 Å². The molecule has 0 aliphatic rings. The van der Waals surface area contributed by atoms with Crippen molar-refractivity contribution in [1.29, 1.82) is 0 Å². The summed E-state index contributed by atoms with van der Waals surface area (Å²) in [5, 5.41) is 5.79. The molecule has 1 atom stereocenters. The van der Waals surface area contributed by atoms with E-state index in [0.29, 0.717) is 11.4 Å². The Morgan fingerprint density at radius 2 is 1.93 bits per heavy atom. The minimum atomic E-state index is -0.406. The van der Waals surface area contributed by atoms with E-state index in [1.165, 1.54) is 6.92 Å². The van der Waals surface area contributed by atoms with Crippen molar-refractivity contribution >= 4 is 17.5 Å². The van der Waals surface area contributed by atoms with E-state index in [9.17, 15) is 9.59 Å². The average Bonchev–Trinajstić information content (AvgIpc) is 3.13. The van der Waals surface area contributed by atoms with Crippen LogP contribution in [0, 0.1) is 0 Å². The van der Waals surface area contributed by atoms with Crippen molar-refractivity contribution in [3.63, 3.8) is 0 Å². The molecular weight excluding hydrogens is 368 g/mol.